The Balaban J connectivity index is 2.37. The van der Waals surface area contributed by atoms with Crippen molar-refractivity contribution in [3.63, 3.8) is 0 Å². The standard InChI is InChI=1S/C18H19FN2O4S/c1-18(2,3)13-4-10-16(11-5-13)26(24,25)17(21(22)23)12-20-15-8-6-14(19)7-9-15/h4-12,20H,1-3H3/b17-12+. The molecule has 138 valence electrons. The van der Waals surface area contributed by atoms with E-state index in [9.17, 15) is 22.9 Å². The van der Waals surface area contributed by atoms with Gasteiger partial charge in [-0.3, -0.25) is 10.1 Å². The van der Waals surface area contributed by atoms with Crippen molar-refractivity contribution in [1.82, 2.24) is 0 Å². The topological polar surface area (TPSA) is 89.3 Å². The van der Waals surface area contributed by atoms with Crippen LogP contribution < -0.4 is 5.32 Å². The first-order valence-corrected chi connectivity index (χ1v) is 9.22. The number of anilines is 1. The zero-order chi connectivity index (χ0) is 19.5. The fourth-order valence-corrected chi connectivity index (χ4v) is 3.32. The van der Waals surface area contributed by atoms with E-state index in [2.05, 4.69) is 5.32 Å². The molecule has 0 unspecified atom stereocenters. The Morgan fingerprint density at radius 2 is 1.62 bits per heavy atom. The predicted molar refractivity (Wildman–Crippen MR) is 97.4 cm³/mol. The van der Waals surface area contributed by atoms with Crippen molar-refractivity contribution in [2.24, 2.45) is 0 Å². The van der Waals surface area contributed by atoms with Crippen molar-refractivity contribution in [2.75, 3.05) is 5.32 Å². The van der Waals surface area contributed by atoms with Crippen molar-refractivity contribution < 1.29 is 17.7 Å². The van der Waals surface area contributed by atoms with E-state index in [1.165, 1.54) is 24.3 Å². The van der Waals surface area contributed by atoms with E-state index in [-0.39, 0.29) is 10.3 Å². The lowest BCUT2D eigenvalue weighted by atomic mass is 9.87. The van der Waals surface area contributed by atoms with Gasteiger partial charge in [-0.25, -0.2) is 12.8 Å². The van der Waals surface area contributed by atoms with Gasteiger partial charge in [0.15, 0.2) is 0 Å². The molecule has 0 aromatic heterocycles. The summed E-state index contributed by atoms with van der Waals surface area (Å²) < 4.78 is 38.1. The van der Waals surface area contributed by atoms with Crippen LogP contribution in [0.15, 0.2) is 64.7 Å². The van der Waals surface area contributed by atoms with Crippen molar-refractivity contribution in [3.8, 4) is 0 Å². The second kappa shape index (κ2) is 7.25. The van der Waals surface area contributed by atoms with Crippen LogP contribution in [-0.2, 0) is 15.3 Å². The molecule has 2 rings (SSSR count). The first-order chi connectivity index (χ1) is 12.0. The van der Waals surface area contributed by atoms with E-state index in [1.54, 1.807) is 12.1 Å². The largest absolute Gasteiger partial charge is 0.379 e. The van der Waals surface area contributed by atoms with Crippen LogP contribution in [0.1, 0.15) is 26.3 Å². The molecule has 0 spiro atoms. The maximum absolute atomic E-state index is 12.9. The summed E-state index contributed by atoms with van der Waals surface area (Å²) >= 11 is 0. The Morgan fingerprint density at radius 1 is 1.08 bits per heavy atom. The zero-order valence-electron chi connectivity index (χ0n) is 14.6. The molecule has 0 aliphatic heterocycles. The molecule has 8 heteroatoms. The summed E-state index contributed by atoms with van der Waals surface area (Å²) in [6, 6.07) is 11.0. The van der Waals surface area contributed by atoms with E-state index in [0.29, 0.717) is 5.69 Å². The van der Waals surface area contributed by atoms with Crippen LogP contribution in [0.5, 0.6) is 0 Å². The Labute approximate surface area is 151 Å². The second-order valence-electron chi connectivity index (χ2n) is 6.67. The Morgan fingerprint density at radius 3 is 2.08 bits per heavy atom. The van der Waals surface area contributed by atoms with Crippen LogP contribution in [0.25, 0.3) is 0 Å². The summed E-state index contributed by atoms with van der Waals surface area (Å²) in [5.74, 6) is -0.472. The average molecular weight is 378 g/mol. The molecular weight excluding hydrogens is 359 g/mol. The molecule has 0 saturated heterocycles. The third-order valence-corrected chi connectivity index (χ3v) is 5.40. The fraction of sp³-hybridized carbons (Fsp3) is 0.222. The fourth-order valence-electron chi connectivity index (χ4n) is 2.17. The van der Waals surface area contributed by atoms with E-state index in [0.717, 1.165) is 23.9 Å². The first kappa shape index (κ1) is 19.6. The lowest BCUT2D eigenvalue weighted by molar-refractivity contribution is -0.411. The van der Waals surface area contributed by atoms with Gasteiger partial charge in [-0.05, 0) is 47.4 Å². The molecule has 0 saturated carbocycles. The van der Waals surface area contributed by atoms with Gasteiger partial charge in [0, 0.05) is 5.69 Å². The van der Waals surface area contributed by atoms with E-state index in [1.807, 2.05) is 20.8 Å². The molecule has 0 fully saturated rings. The van der Waals surface area contributed by atoms with Gasteiger partial charge in [0.25, 0.3) is 9.84 Å². The molecule has 26 heavy (non-hydrogen) atoms. The summed E-state index contributed by atoms with van der Waals surface area (Å²) in [6.07, 6.45) is 0.792. The van der Waals surface area contributed by atoms with Crippen LogP contribution >= 0.6 is 0 Å². The Kier molecular flexibility index (Phi) is 5.46. The quantitative estimate of drug-likeness (QED) is 0.625. The van der Waals surface area contributed by atoms with Gasteiger partial charge >= 0.3 is 5.03 Å². The van der Waals surface area contributed by atoms with Gasteiger partial charge in [0.1, 0.15) is 5.82 Å². The Bertz CT molecular complexity index is 929. The van der Waals surface area contributed by atoms with Crippen LogP contribution in [0.3, 0.4) is 0 Å². The second-order valence-corrected chi connectivity index (χ2v) is 8.57. The first-order valence-electron chi connectivity index (χ1n) is 7.74. The number of nitro groups is 1. The monoisotopic (exact) mass is 378 g/mol. The number of sulfone groups is 1. The van der Waals surface area contributed by atoms with Crippen molar-refractivity contribution in [3.05, 3.63) is 81.3 Å². The lowest BCUT2D eigenvalue weighted by Crippen LogP contribution is -2.15. The highest BCUT2D eigenvalue weighted by molar-refractivity contribution is 7.95. The van der Waals surface area contributed by atoms with Gasteiger partial charge in [0.2, 0.25) is 0 Å². The highest BCUT2D eigenvalue weighted by Crippen LogP contribution is 2.26. The SMILES string of the molecule is CC(C)(C)c1ccc(S(=O)(=O)/C(=C/Nc2ccc(F)cc2)[N+](=O)[O-])cc1. The van der Waals surface area contributed by atoms with Gasteiger partial charge in [-0.1, -0.05) is 32.9 Å². The minimum Gasteiger partial charge on any atom is -0.355 e. The maximum Gasteiger partial charge on any atom is 0.379 e. The molecule has 1 N–H and O–H groups in total. The summed E-state index contributed by atoms with van der Waals surface area (Å²) in [6.45, 7) is 5.93. The third-order valence-electron chi connectivity index (χ3n) is 3.69. The predicted octanol–water partition coefficient (Wildman–Crippen LogP) is 4.08. The van der Waals surface area contributed by atoms with Crippen LogP contribution in [0, 0.1) is 15.9 Å². The van der Waals surface area contributed by atoms with Gasteiger partial charge < -0.3 is 5.32 Å². The van der Waals surface area contributed by atoms with Crippen molar-refractivity contribution in [2.45, 2.75) is 31.1 Å². The zero-order valence-corrected chi connectivity index (χ0v) is 15.4. The normalized spacial score (nSPS) is 12.7. The van der Waals surface area contributed by atoms with Crippen LogP contribution in [0.2, 0.25) is 0 Å². The molecule has 0 bridgehead atoms. The molecule has 0 aliphatic carbocycles. The molecule has 0 radical (unpaired) electrons. The molecule has 2 aromatic rings. The summed E-state index contributed by atoms with van der Waals surface area (Å²) in [5, 5.41) is 12.8. The van der Waals surface area contributed by atoms with Crippen molar-refractivity contribution in [1.29, 1.82) is 0 Å². The smallest absolute Gasteiger partial charge is 0.355 e. The molecule has 6 nitrogen and oxygen atoms in total. The van der Waals surface area contributed by atoms with E-state index >= 15 is 0 Å². The number of nitrogens with zero attached hydrogens (tertiary/aromatic N) is 1. The number of hydrogen-bond donors (Lipinski definition) is 1. The Hall–Kier alpha value is -2.74. The molecular formula is C18H19FN2O4S. The minimum atomic E-state index is -4.32. The molecule has 0 heterocycles. The average Bonchev–Trinajstić information content (AvgIpc) is 2.55. The highest BCUT2D eigenvalue weighted by atomic mass is 32.2. The number of rotatable bonds is 5. The summed E-state index contributed by atoms with van der Waals surface area (Å²) in [7, 11) is -4.32. The molecule has 0 amide bonds. The highest BCUT2D eigenvalue weighted by Gasteiger charge is 2.31. The number of benzene rings is 2. The number of hydrogen-bond acceptors (Lipinski definition) is 5. The van der Waals surface area contributed by atoms with Crippen LogP contribution in [-0.4, -0.2) is 13.3 Å². The van der Waals surface area contributed by atoms with Gasteiger partial charge in [0.05, 0.1) is 16.0 Å². The van der Waals surface area contributed by atoms with Gasteiger partial charge in [-0.15, -0.1) is 0 Å². The summed E-state index contributed by atoms with van der Waals surface area (Å²) in [5.41, 5.74) is 1.06. The molecule has 0 aliphatic rings. The number of halogens is 1. The van der Waals surface area contributed by atoms with E-state index in [4.69, 9.17) is 0 Å². The minimum absolute atomic E-state index is 0.172. The number of nitrogens with one attached hydrogen (secondary N) is 1. The van der Waals surface area contributed by atoms with Crippen molar-refractivity contribution >= 4 is 15.5 Å². The summed E-state index contributed by atoms with van der Waals surface area (Å²) in [4.78, 5) is 10.1. The molecule has 0 atom stereocenters. The van der Waals surface area contributed by atoms with Crippen LogP contribution in [0.4, 0.5) is 10.1 Å². The van der Waals surface area contributed by atoms with Gasteiger partial charge in [-0.2, -0.15) is 0 Å². The lowest BCUT2D eigenvalue weighted by Gasteiger charge is -2.18. The third kappa shape index (κ3) is 4.45. The molecule has 2 aromatic carbocycles. The maximum atomic E-state index is 12.9. The van der Waals surface area contributed by atoms with E-state index < -0.39 is 25.6 Å².